The van der Waals surface area contributed by atoms with Crippen LogP contribution >= 0.6 is 22.6 Å². The van der Waals surface area contributed by atoms with Crippen molar-refractivity contribution >= 4 is 38.5 Å². The van der Waals surface area contributed by atoms with Crippen LogP contribution in [0.1, 0.15) is 24.8 Å². The van der Waals surface area contributed by atoms with Crippen LogP contribution in [0.4, 0.5) is 4.79 Å². The maximum atomic E-state index is 12.4. The number of ether oxygens (including phenoxy) is 1. The van der Waals surface area contributed by atoms with Gasteiger partial charge >= 0.3 is 0 Å². The molecule has 5 nitrogen and oxygen atoms in total. The SMILES string of the molecule is O=C(I)NC12CC(NC(=O)C3=Cc4ccccc4OC3)(C1)C2. The fraction of sp³-hybridized carbons (Fsp3) is 0.375. The van der Waals surface area contributed by atoms with Gasteiger partial charge in [-0.3, -0.25) is 9.59 Å². The number of halogens is 1. The highest BCUT2D eigenvalue weighted by Gasteiger charge is 2.69. The summed E-state index contributed by atoms with van der Waals surface area (Å²) >= 11 is 1.75. The van der Waals surface area contributed by atoms with Crippen molar-refractivity contribution in [3.05, 3.63) is 35.4 Å². The Morgan fingerprint density at radius 1 is 1.09 bits per heavy atom. The van der Waals surface area contributed by atoms with Crippen molar-refractivity contribution in [2.75, 3.05) is 6.61 Å². The summed E-state index contributed by atoms with van der Waals surface area (Å²) in [5.74, 6) is 0.747. The molecular weight excluding hydrogens is 395 g/mol. The molecule has 1 heterocycles. The molecule has 2 N–H and O–H groups in total. The molecule has 0 aromatic heterocycles. The van der Waals surface area contributed by atoms with Gasteiger partial charge in [0.25, 0.3) is 9.82 Å². The molecule has 22 heavy (non-hydrogen) atoms. The largest absolute Gasteiger partial charge is 0.488 e. The standard InChI is InChI=1S/C16H15IN2O3/c17-14(21)19-16-7-15(8-16,9-16)18-13(20)11-5-10-3-1-2-4-12(10)22-6-11/h1-5H,6-9H2,(H,18,20)(H,19,21). The third-order valence-corrected chi connectivity index (χ3v) is 4.97. The summed E-state index contributed by atoms with van der Waals surface area (Å²) in [7, 11) is 0. The quantitative estimate of drug-likeness (QED) is 0.457. The number of hydrogen-bond donors (Lipinski definition) is 2. The molecule has 6 heteroatoms. The van der Waals surface area contributed by atoms with Gasteiger partial charge in [0.2, 0.25) is 0 Å². The molecule has 0 unspecified atom stereocenters. The van der Waals surface area contributed by atoms with Crippen LogP contribution in [0.25, 0.3) is 6.08 Å². The summed E-state index contributed by atoms with van der Waals surface area (Å²) < 4.78 is 5.59. The van der Waals surface area contributed by atoms with E-state index in [4.69, 9.17) is 4.74 Å². The van der Waals surface area contributed by atoms with Gasteiger partial charge in [0.1, 0.15) is 12.4 Å². The van der Waals surface area contributed by atoms with Crippen molar-refractivity contribution in [1.29, 1.82) is 0 Å². The Morgan fingerprint density at radius 3 is 2.50 bits per heavy atom. The molecule has 0 saturated heterocycles. The van der Waals surface area contributed by atoms with E-state index in [1.165, 1.54) is 0 Å². The molecular formula is C16H15IN2O3. The first-order valence-corrected chi connectivity index (χ1v) is 8.30. The van der Waals surface area contributed by atoms with E-state index in [1.807, 2.05) is 30.3 Å². The number of para-hydroxylation sites is 1. The zero-order valence-corrected chi connectivity index (χ0v) is 14.0. The van der Waals surface area contributed by atoms with Crippen LogP contribution in [0.15, 0.2) is 29.8 Å². The summed E-state index contributed by atoms with van der Waals surface area (Å²) in [6, 6.07) is 7.68. The van der Waals surface area contributed by atoms with Gasteiger partial charge in [-0.25, -0.2) is 0 Å². The predicted octanol–water partition coefficient (Wildman–Crippen LogP) is 2.40. The lowest BCUT2D eigenvalue weighted by Gasteiger charge is -2.70. The van der Waals surface area contributed by atoms with Crippen molar-refractivity contribution in [3.8, 4) is 5.75 Å². The monoisotopic (exact) mass is 410 g/mol. The van der Waals surface area contributed by atoms with Gasteiger partial charge in [-0.1, -0.05) is 18.2 Å². The van der Waals surface area contributed by atoms with E-state index in [-0.39, 0.29) is 20.9 Å². The van der Waals surface area contributed by atoms with Gasteiger partial charge in [0.15, 0.2) is 0 Å². The first-order valence-electron chi connectivity index (χ1n) is 7.22. The van der Waals surface area contributed by atoms with Gasteiger partial charge in [-0.2, -0.15) is 0 Å². The van der Waals surface area contributed by atoms with E-state index in [2.05, 4.69) is 10.6 Å². The summed E-state index contributed by atoms with van der Waals surface area (Å²) in [5, 5.41) is 6.09. The van der Waals surface area contributed by atoms with Crippen molar-refractivity contribution in [2.45, 2.75) is 30.3 Å². The summed E-state index contributed by atoms with van der Waals surface area (Å²) in [6.45, 7) is 0.300. The first kappa shape index (κ1) is 14.0. The number of carbonyl (C=O) groups is 2. The highest BCUT2D eigenvalue weighted by molar-refractivity contribution is 14.1. The normalized spacial score (nSPS) is 30.7. The fourth-order valence-electron chi connectivity index (χ4n) is 3.83. The Labute approximate surface area is 141 Å². The van der Waals surface area contributed by atoms with Crippen molar-refractivity contribution in [2.24, 2.45) is 0 Å². The Hall–Kier alpha value is -1.57. The topological polar surface area (TPSA) is 67.4 Å². The maximum Gasteiger partial charge on any atom is 0.281 e. The van der Waals surface area contributed by atoms with Gasteiger partial charge in [-0.05, 0) is 31.4 Å². The third kappa shape index (κ3) is 2.20. The fourth-order valence-corrected chi connectivity index (χ4v) is 4.40. The number of hydrogen-bond acceptors (Lipinski definition) is 3. The zero-order valence-electron chi connectivity index (χ0n) is 11.8. The molecule has 1 aromatic carbocycles. The molecule has 2 bridgehead atoms. The average molecular weight is 410 g/mol. The predicted molar refractivity (Wildman–Crippen MR) is 89.9 cm³/mol. The van der Waals surface area contributed by atoms with Crippen LogP contribution in [0, 0.1) is 0 Å². The summed E-state index contributed by atoms with van der Waals surface area (Å²) in [5.41, 5.74) is 1.38. The molecule has 4 aliphatic rings. The van der Waals surface area contributed by atoms with Crippen molar-refractivity contribution in [3.63, 3.8) is 0 Å². The van der Waals surface area contributed by atoms with E-state index < -0.39 is 0 Å². The first-order chi connectivity index (χ1) is 10.5. The number of nitrogens with one attached hydrogen (secondary N) is 2. The Balaban J connectivity index is 1.41. The van der Waals surface area contributed by atoms with Gasteiger partial charge in [0, 0.05) is 39.2 Å². The van der Waals surface area contributed by atoms with E-state index in [0.717, 1.165) is 30.6 Å². The second kappa shape index (κ2) is 4.71. The van der Waals surface area contributed by atoms with Crippen molar-refractivity contribution in [1.82, 2.24) is 10.6 Å². The minimum absolute atomic E-state index is 0.0303. The van der Waals surface area contributed by atoms with Crippen LogP contribution in [0.2, 0.25) is 0 Å². The second-order valence-corrected chi connectivity index (χ2v) is 7.42. The van der Waals surface area contributed by atoms with Crippen LogP contribution in [-0.2, 0) is 4.79 Å². The summed E-state index contributed by atoms with van der Waals surface area (Å²) in [4.78, 5) is 23.5. The lowest BCUT2D eigenvalue weighted by molar-refractivity contribution is -0.135. The van der Waals surface area contributed by atoms with Gasteiger partial charge < -0.3 is 15.4 Å². The van der Waals surface area contributed by atoms with E-state index in [0.29, 0.717) is 12.2 Å². The number of carbonyl (C=O) groups excluding carboxylic acids is 2. The minimum atomic E-state index is -0.131. The number of benzene rings is 1. The zero-order chi connectivity index (χ0) is 15.4. The Morgan fingerprint density at radius 2 is 1.77 bits per heavy atom. The van der Waals surface area contributed by atoms with E-state index in [9.17, 15) is 9.59 Å². The Bertz CT molecular complexity index is 693. The van der Waals surface area contributed by atoms with Gasteiger partial charge in [-0.15, -0.1) is 0 Å². The van der Waals surface area contributed by atoms with Gasteiger partial charge in [0.05, 0.1) is 5.57 Å². The molecule has 0 spiro atoms. The average Bonchev–Trinajstić information content (AvgIpc) is 2.42. The second-order valence-electron chi connectivity index (χ2n) is 6.44. The highest BCUT2D eigenvalue weighted by Crippen LogP contribution is 2.60. The molecule has 2 amide bonds. The smallest absolute Gasteiger partial charge is 0.281 e. The molecule has 3 aliphatic carbocycles. The number of rotatable bonds is 3. The molecule has 1 aliphatic heterocycles. The lowest BCUT2D eigenvalue weighted by Crippen LogP contribution is -2.83. The molecule has 1 aromatic rings. The Kier molecular flexibility index (Phi) is 3.01. The summed E-state index contributed by atoms with van der Waals surface area (Å²) in [6.07, 6.45) is 4.36. The van der Waals surface area contributed by atoms with Crippen LogP contribution in [-0.4, -0.2) is 27.5 Å². The molecule has 0 radical (unpaired) electrons. The third-order valence-electron chi connectivity index (χ3n) is 4.70. The van der Waals surface area contributed by atoms with Crippen LogP contribution < -0.4 is 15.4 Å². The minimum Gasteiger partial charge on any atom is -0.488 e. The van der Waals surface area contributed by atoms with Crippen LogP contribution in [0.5, 0.6) is 5.75 Å². The molecule has 114 valence electrons. The van der Waals surface area contributed by atoms with E-state index in [1.54, 1.807) is 22.6 Å². The van der Waals surface area contributed by atoms with Crippen LogP contribution in [0.3, 0.4) is 0 Å². The van der Waals surface area contributed by atoms with E-state index >= 15 is 0 Å². The molecule has 3 fully saturated rings. The maximum absolute atomic E-state index is 12.4. The number of fused-ring (bicyclic) bond motifs is 1. The molecule has 5 rings (SSSR count). The highest BCUT2D eigenvalue weighted by atomic mass is 127. The number of amides is 2. The molecule has 3 saturated carbocycles. The molecule has 0 atom stereocenters. The van der Waals surface area contributed by atoms with Crippen molar-refractivity contribution < 1.29 is 14.3 Å². The lowest BCUT2D eigenvalue weighted by atomic mass is 9.44.